The van der Waals surface area contributed by atoms with E-state index < -0.39 is 5.97 Å². The average Bonchev–Trinajstić information content (AvgIpc) is 3.12. The number of halogens is 1. The number of imidazole rings is 1. The first-order valence-electron chi connectivity index (χ1n) is 7.78. The van der Waals surface area contributed by atoms with Gasteiger partial charge in [-0.1, -0.05) is 18.2 Å². The minimum atomic E-state index is -0.479. The quantitative estimate of drug-likeness (QED) is 0.662. The smallest absolute Gasteiger partial charge is 0.358 e. The highest BCUT2D eigenvalue weighted by Crippen LogP contribution is 2.33. The minimum absolute atomic E-state index is 0.218. The maximum atomic E-state index is 14.3. The molecule has 0 N–H and O–H groups in total. The molecule has 2 aromatic carbocycles. The second-order valence-corrected chi connectivity index (χ2v) is 5.25. The molecule has 3 rings (SSSR count). The third kappa shape index (κ3) is 3.38. The summed E-state index contributed by atoms with van der Waals surface area (Å²) in [6, 6.07) is 11.9. The zero-order valence-electron chi connectivity index (χ0n) is 13.9. The molecule has 0 unspecified atom stereocenters. The Kier molecular flexibility index (Phi) is 4.79. The molecule has 0 fully saturated rings. The Morgan fingerprint density at radius 3 is 2.80 bits per heavy atom. The Morgan fingerprint density at radius 2 is 2.04 bits per heavy atom. The van der Waals surface area contributed by atoms with E-state index in [2.05, 4.69) is 4.98 Å². The fourth-order valence-electron chi connectivity index (χ4n) is 2.55. The monoisotopic (exact) mass is 340 g/mol. The molecule has 5 nitrogen and oxygen atoms in total. The topological polar surface area (TPSA) is 53.4 Å². The largest absolute Gasteiger partial charge is 0.496 e. The van der Waals surface area contributed by atoms with E-state index in [1.54, 1.807) is 48.0 Å². The van der Waals surface area contributed by atoms with Gasteiger partial charge in [-0.05, 0) is 36.8 Å². The third-order valence-electron chi connectivity index (χ3n) is 3.70. The normalized spacial score (nSPS) is 10.5. The lowest BCUT2D eigenvalue weighted by Crippen LogP contribution is -2.04. The number of ether oxygens (including phenoxy) is 2. The van der Waals surface area contributed by atoms with Gasteiger partial charge in [0, 0.05) is 11.9 Å². The van der Waals surface area contributed by atoms with Gasteiger partial charge in [-0.2, -0.15) is 0 Å². The van der Waals surface area contributed by atoms with Gasteiger partial charge in [0.05, 0.1) is 19.3 Å². The second-order valence-electron chi connectivity index (χ2n) is 5.25. The van der Waals surface area contributed by atoms with Crippen molar-refractivity contribution in [3.63, 3.8) is 0 Å². The Bertz CT molecular complexity index is 905. The number of esters is 1. The van der Waals surface area contributed by atoms with E-state index in [-0.39, 0.29) is 18.1 Å². The molecule has 25 heavy (non-hydrogen) atoms. The molecule has 0 saturated heterocycles. The molecule has 0 spiro atoms. The lowest BCUT2D eigenvalue weighted by atomic mass is 10.0. The van der Waals surface area contributed by atoms with E-state index in [9.17, 15) is 9.18 Å². The molecule has 0 amide bonds. The van der Waals surface area contributed by atoms with Gasteiger partial charge in [-0.25, -0.2) is 14.2 Å². The molecule has 0 aliphatic heterocycles. The third-order valence-corrected chi connectivity index (χ3v) is 3.70. The Balaban J connectivity index is 2.00. The highest BCUT2D eigenvalue weighted by atomic mass is 19.1. The van der Waals surface area contributed by atoms with E-state index in [4.69, 9.17) is 9.47 Å². The molecule has 0 bridgehead atoms. The highest BCUT2D eigenvalue weighted by Gasteiger charge is 2.14. The van der Waals surface area contributed by atoms with Crippen LogP contribution in [0.5, 0.6) is 5.75 Å². The summed E-state index contributed by atoms with van der Waals surface area (Å²) in [7, 11) is 1.50. The number of rotatable bonds is 5. The summed E-state index contributed by atoms with van der Waals surface area (Å²) >= 11 is 0. The van der Waals surface area contributed by atoms with Gasteiger partial charge in [-0.15, -0.1) is 0 Å². The highest BCUT2D eigenvalue weighted by molar-refractivity contribution is 5.87. The summed E-state index contributed by atoms with van der Waals surface area (Å²) in [5.41, 5.74) is 2.01. The van der Waals surface area contributed by atoms with Crippen molar-refractivity contribution in [3.05, 3.63) is 66.5 Å². The first-order valence-corrected chi connectivity index (χ1v) is 7.78. The average molecular weight is 340 g/mol. The number of hydrogen-bond acceptors (Lipinski definition) is 4. The SMILES string of the molecule is CCOC(=O)c1cn(-c2cccc(-c3c(F)cccc3OC)c2)cn1. The van der Waals surface area contributed by atoms with Gasteiger partial charge in [0.25, 0.3) is 0 Å². The van der Waals surface area contributed by atoms with Gasteiger partial charge in [0.1, 0.15) is 17.9 Å². The van der Waals surface area contributed by atoms with Crippen LogP contribution in [0, 0.1) is 5.82 Å². The molecule has 3 aromatic rings. The number of methoxy groups -OCH3 is 1. The van der Waals surface area contributed by atoms with Gasteiger partial charge < -0.3 is 14.0 Å². The molecular weight excluding hydrogens is 323 g/mol. The number of carbonyl (C=O) groups excluding carboxylic acids is 1. The predicted octanol–water partition coefficient (Wildman–Crippen LogP) is 3.86. The van der Waals surface area contributed by atoms with E-state index in [1.807, 2.05) is 6.07 Å². The van der Waals surface area contributed by atoms with E-state index in [0.717, 1.165) is 5.69 Å². The molecule has 6 heteroatoms. The fourth-order valence-corrected chi connectivity index (χ4v) is 2.55. The maximum absolute atomic E-state index is 14.3. The predicted molar refractivity (Wildman–Crippen MR) is 91.5 cm³/mol. The van der Waals surface area contributed by atoms with Crippen LogP contribution in [0.1, 0.15) is 17.4 Å². The summed E-state index contributed by atoms with van der Waals surface area (Å²) in [4.78, 5) is 15.8. The number of benzene rings is 2. The molecule has 128 valence electrons. The van der Waals surface area contributed by atoms with Gasteiger partial charge >= 0.3 is 5.97 Å². The van der Waals surface area contributed by atoms with Crippen molar-refractivity contribution in [1.29, 1.82) is 0 Å². The summed E-state index contributed by atoms with van der Waals surface area (Å²) in [5, 5.41) is 0. The van der Waals surface area contributed by atoms with Crippen LogP contribution >= 0.6 is 0 Å². The van der Waals surface area contributed by atoms with Gasteiger partial charge in [-0.3, -0.25) is 0 Å². The Hall–Kier alpha value is -3.15. The maximum Gasteiger partial charge on any atom is 0.358 e. The molecule has 1 heterocycles. The number of nitrogens with zero attached hydrogens (tertiary/aromatic N) is 2. The van der Waals surface area contributed by atoms with E-state index >= 15 is 0 Å². The summed E-state index contributed by atoms with van der Waals surface area (Å²) in [6.07, 6.45) is 3.10. The van der Waals surface area contributed by atoms with Crippen LogP contribution in [-0.2, 0) is 4.74 Å². The first kappa shape index (κ1) is 16.7. The zero-order chi connectivity index (χ0) is 17.8. The van der Waals surface area contributed by atoms with E-state index in [0.29, 0.717) is 16.9 Å². The van der Waals surface area contributed by atoms with E-state index in [1.165, 1.54) is 19.5 Å². The Morgan fingerprint density at radius 1 is 1.24 bits per heavy atom. The summed E-state index contributed by atoms with van der Waals surface area (Å²) < 4.78 is 26.2. The summed E-state index contributed by atoms with van der Waals surface area (Å²) in [6.45, 7) is 2.02. The second kappa shape index (κ2) is 7.17. The Labute approximate surface area is 144 Å². The van der Waals surface area contributed by atoms with Gasteiger partial charge in [0.2, 0.25) is 0 Å². The lowest BCUT2D eigenvalue weighted by molar-refractivity contribution is 0.0520. The van der Waals surface area contributed by atoms with Crippen LogP contribution in [0.2, 0.25) is 0 Å². The number of hydrogen-bond donors (Lipinski definition) is 0. The van der Waals surface area contributed by atoms with Crippen LogP contribution in [-0.4, -0.2) is 29.2 Å². The van der Waals surface area contributed by atoms with Crippen LogP contribution in [0.15, 0.2) is 55.0 Å². The van der Waals surface area contributed by atoms with Crippen LogP contribution in [0.4, 0.5) is 4.39 Å². The van der Waals surface area contributed by atoms with Crippen LogP contribution in [0.25, 0.3) is 16.8 Å². The van der Waals surface area contributed by atoms with Gasteiger partial charge in [0.15, 0.2) is 5.69 Å². The zero-order valence-corrected chi connectivity index (χ0v) is 13.9. The number of carbonyl (C=O) groups is 1. The molecule has 0 radical (unpaired) electrons. The van der Waals surface area contributed by atoms with Crippen molar-refractivity contribution in [2.45, 2.75) is 6.92 Å². The molecule has 0 aliphatic rings. The molecule has 1 aromatic heterocycles. The van der Waals surface area contributed by atoms with Crippen LogP contribution in [0.3, 0.4) is 0 Å². The molecule has 0 atom stereocenters. The molecular formula is C19H17FN2O3. The van der Waals surface area contributed by atoms with Crippen molar-refractivity contribution in [1.82, 2.24) is 9.55 Å². The van der Waals surface area contributed by atoms with Crippen molar-refractivity contribution in [3.8, 4) is 22.6 Å². The van der Waals surface area contributed by atoms with Crippen molar-refractivity contribution in [2.24, 2.45) is 0 Å². The first-order chi connectivity index (χ1) is 12.1. The summed E-state index contributed by atoms with van der Waals surface area (Å²) in [5.74, 6) is -0.391. The minimum Gasteiger partial charge on any atom is -0.496 e. The van der Waals surface area contributed by atoms with Crippen molar-refractivity contribution >= 4 is 5.97 Å². The van der Waals surface area contributed by atoms with Crippen LogP contribution < -0.4 is 4.74 Å². The molecule has 0 saturated carbocycles. The van der Waals surface area contributed by atoms with Crippen molar-refractivity contribution in [2.75, 3.05) is 13.7 Å². The van der Waals surface area contributed by atoms with Crippen molar-refractivity contribution < 1.29 is 18.7 Å². The standard InChI is InChI=1S/C19H17FN2O3/c1-3-25-19(23)16-11-22(12-21-16)14-7-4-6-13(10-14)18-15(20)8-5-9-17(18)24-2/h4-12H,3H2,1-2H3. The fraction of sp³-hybridized carbons (Fsp3) is 0.158. The number of aromatic nitrogens is 2. The lowest BCUT2D eigenvalue weighted by Gasteiger charge is -2.11. The molecule has 0 aliphatic carbocycles.